The maximum Gasteiger partial charge on any atom is 0.307 e. The molecule has 1 aliphatic heterocycles. The summed E-state index contributed by atoms with van der Waals surface area (Å²) in [6, 6.07) is 11.4. The summed E-state index contributed by atoms with van der Waals surface area (Å²) in [5.41, 5.74) is 5.34. The Bertz CT molecular complexity index is 734. The fourth-order valence-electron chi connectivity index (χ4n) is 2.43. The normalized spacial score (nSPS) is 15.4. The quantitative estimate of drug-likeness (QED) is 0.642. The molecule has 1 aromatic heterocycles. The van der Waals surface area contributed by atoms with E-state index in [1.807, 2.05) is 19.1 Å². The van der Waals surface area contributed by atoms with Gasteiger partial charge < -0.3 is 14.1 Å². The van der Waals surface area contributed by atoms with E-state index in [1.165, 1.54) is 5.69 Å². The van der Waals surface area contributed by atoms with Gasteiger partial charge in [-0.25, -0.2) is 5.43 Å². The van der Waals surface area contributed by atoms with Gasteiger partial charge >= 0.3 is 5.91 Å². The minimum atomic E-state index is -0.384. The molecule has 1 fully saturated rings. The minimum Gasteiger partial charge on any atom is -0.444 e. The number of amides is 1. The highest BCUT2D eigenvalue weighted by molar-refractivity contribution is 9.10. The van der Waals surface area contributed by atoms with Gasteiger partial charge in [0.2, 0.25) is 0 Å². The third kappa shape index (κ3) is 4.04. The molecule has 0 spiro atoms. The van der Waals surface area contributed by atoms with Gasteiger partial charge in [-0.3, -0.25) is 4.79 Å². The molecule has 0 bridgehead atoms. The lowest BCUT2D eigenvalue weighted by atomic mass is 10.1. The third-order valence-electron chi connectivity index (χ3n) is 3.78. The summed E-state index contributed by atoms with van der Waals surface area (Å²) in [6.45, 7) is 5.18. The standard InChI is InChI=1S/C17H18BrN3O3/c1-12(19-20-17(22)15-6-7-16(18)24-15)13-2-4-14(5-3-13)21-8-10-23-11-9-21/h2-7H,8-11H2,1H3,(H,20,22)/b19-12+. The van der Waals surface area contributed by atoms with E-state index in [-0.39, 0.29) is 11.7 Å². The molecule has 0 radical (unpaired) electrons. The first-order valence-corrected chi connectivity index (χ1v) is 8.46. The van der Waals surface area contributed by atoms with Crippen LogP contribution in [-0.2, 0) is 4.74 Å². The van der Waals surface area contributed by atoms with Crippen LogP contribution in [-0.4, -0.2) is 37.9 Å². The number of rotatable bonds is 4. The number of hydrogen-bond donors (Lipinski definition) is 1. The predicted octanol–water partition coefficient (Wildman–Crippen LogP) is 3.03. The second-order valence-corrected chi connectivity index (χ2v) is 6.17. The summed E-state index contributed by atoms with van der Waals surface area (Å²) in [7, 11) is 0. The fourth-order valence-corrected chi connectivity index (χ4v) is 2.73. The van der Waals surface area contributed by atoms with E-state index < -0.39 is 0 Å². The Labute approximate surface area is 148 Å². The second-order valence-electron chi connectivity index (χ2n) is 5.39. The molecule has 0 atom stereocenters. The maximum atomic E-state index is 11.9. The summed E-state index contributed by atoms with van der Waals surface area (Å²) < 4.78 is 11.1. The van der Waals surface area contributed by atoms with E-state index in [0.717, 1.165) is 37.6 Å². The van der Waals surface area contributed by atoms with Crippen LogP contribution in [0.15, 0.2) is 50.6 Å². The van der Waals surface area contributed by atoms with Gasteiger partial charge in [-0.2, -0.15) is 5.10 Å². The molecule has 0 aliphatic carbocycles. The molecule has 7 heteroatoms. The molecular formula is C17H18BrN3O3. The number of nitrogens with zero attached hydrogens (tertiary/aromatic N) is 2. The summed E-state index contributed by atoms with van der Waals surface area (Å²) in [6.07, 6.45) is 0. The molecule has 1 amide bonds. The largest absolute Gasteiger partial charge is 0.444 e. The van der Waals surface area contributed by atoms with Crippen molar-refractivity contribution in [3.8, 4) is 0 Å². The maximum absolute atomic E-state index is 11.9. The van der Waals surface area contributed by atoms with Gasteiger partial charge in [0.25, 0.3) is 0 Å². The number of nitrogens with one attached hydrogen (secondary N) is 1. The Balaban J connectivity index is 1.63. The summed E-state index contributed by atoms with van der Waals surface area (Å²) in [5, 5.41) is 4.13. The first-order valence-electron chi connectivity index (χ1n) is 7.66. The molecule has 1 aromatic carbocycles. The average molecular weight is 392 g/mol. The van der Waals surface area contributed by atoms with Crippen LogP contribution >= 0.6 is 15.9 Å². The zero-order chi connectivity index (χ0) is 16.9. The molecule has 0 unspecified atom stereocenters. The van der Waals surface area contributed by atoms with Crippen molar-refractivity contribution in [2.75, 3.05) is 31.2 Å². The zero-order valence-electron chi connectivity index (χ0n) is 13.3. The lowest BCUT2D eigenvalue weighted by molar-refractivity contribution is 0.0926. The van der Waals surface area contributed by atoms with Crippen molar-refractivity contribution in [2.45, 2.75) is 6.92 Å². The van der Waals surface area contributed by atoms with Gasteiger partial charge in [0.1, 0.15) is 0 Å². The topological polar surface area (TPSA) is 67.1 Å². The van der Waals surface area contributed by atoms with E-state index in [1.54, 1.807) is 12.1 Å². The van der Waals surface area contributed by atoms with Crippen molar-refractivity contribution >= 4 is 33.2 Å². The molecule has 1 N–H and O–H groups in total. The van der Waals surface area contributed by atoms with Gasteiger partial charge in [0.05, 0.1) is 18.9 Å². The number of hydrazone groups is 1. The summed E-state index contributed by atoms with van der Waals surface area (Å²) in [5.74, 6) is -0.175. The lowest BCUT2D eigenvalue weighted by Gasteiger charge is -2.28. The van der Waals surface area contributed by atoms with E-state index in [9.17, 15) is 4.79 Å². The Morgan fingerprint density at radius 2 is 1.88 bits per heavy atom. The molecule has 1 saturated heterocycles. The van der Waals surface area contributed by atoms with Crippen LogP contribution in [0, 0.1) is 0 Å². The average Bonchev–Trinajstić information content (AvgIpc) is 3.07. The number of halogens is 1. The molecule has 1 aliphatic rings. The predicted molar refractivity (Wildman–Crippen MR) is 95.6 cm³/mol. The van der Waals surface area contributed by atoms with E-state index in [2.05, 4.69) is 43.5 Å². The first kappa shape index (κ1) is 16.7. The number of carbonyl (C=O) groups excluding carboxylic acids is 1. The smallest absolute Gasteiger partial charge is 0.307 e. The number of benzene rings is 1. The molecule has 2 heterocycles. The van der Waals surface area contributed by atoms with Gasteiger partial charge in [0, 0.05) is 18.8 Å². The van der Waals surface area contributed by atoms with Crippen molar-refractivity contribution in [3.05, 3.63) is 52.4 Å². The number of furan rings is 1. The summed E-state index contributed by atoms with van der Waals surface area (Å²) in [4.78, 5) is 14.2. The highest BCUT2D eigenvalue weighted by atomic mass is 79.9. The van der Waals surface area contributed by atoms with Crippen LogP contribution < -0.4 is 10.3 Å². The van der Waals surface area contributed by atoms with Crippen LogP contribution in [0.4, 0.5) is 5.69 Å². The van der Waals surface area contributed by atoms with Gasteiger partial charge in [-0.15, -0.1) is 0 Å². The highest BCUT2D eigenvalue weighted by Gasteiger charge is 2.12. The van der Waals surface area contributed by atoms with Crippen LogP contribution in [0.1, 0.15) is 23.0 Å². The van der Waals surface area contributed by atoms with E-state index in [0.29, 0.717) is 4.67 Å². The van der Waals surface area contributed by atoms with Crippen LogP contribution in [0.5, 0.6) is 0 Å². The summed E-state index contributed by atoms with van der Waals surface area (Å²) >= 11 is 3.16. The number of hydrogen-bond acceptors (Lipinski definition) is 5. The van der Waals surface area contributed by atoms with Crippen molar-refractivity contribution in [2.24, 2.45) is 5.10 Å². The van der Waals surface area contributed by atoms with E-state index in [4.69, 9.17) is 9.15 Å². The van der Waals surface area contributed by atoms with Crippen LogP contribution in [0.25, 0.3) is 0 Å². The number of ether oxygens (including phenoxy) is 1. The molecule has 24 heavy (non-hydrogen) atoms. The molecule has 0 saturated carbocycles. The lowest BCUT2D eigenvalue weighted by Crippen LogP contribution is -2.36. The zero-order valence-corrected chi connectivity index (χ0v) is 14.9. The SMILES string of the molecule is C/C(=N\NC(=O)c1ccc(Br)o1)c1ccc(N2CCOCC2)cc1. The Hall–Kier alpha value is -2.12. The Morgan fingerprint density at radius 3 is 2.50 bits per heavy atom. The number of carbonyl (C=O) groups is 1. The van der Waals surface area contributed by atoms with Crippen molar-refractivity contribution in [3.63, 3.8) is 0 Å². The van der Waals surface area contributed by atoms with Gasteiger partial charge in [-0.05, 0) is 52.7 Å². The van der Waals surface area contributed by atoms with Crippen LogP contribution in [0.3, 0.4) is 0 Å². The molecule has 126 valence electrons. The van der Waals surface area contributed by atoms with Crippen LogP contribution in [0.2, 0.25) is 0 Å². The second kappa shape index (κ2) is 7.63. The Kier molecular flexibility index (Phi) is 5.32. The first-order chi connectivity index (χ1) is 11.6. The van der Waals surface area contributed by atoms with Crippen molar-refractivity contribution in [1.82, 2.24) is 5.43 Å². The molecule has 2 aromatic rings. The minimum absolute atomic E-state index is 0.209. The van der Waals surface area contributed by atoms with Crippen molar-refractivity contribution in [1.29, 1.82) is 0 Å². The Morgan fingerprint density at radius 1 is 1.17 bits per heavy atom. The van der Waals surface area contributed by atoms with Gasteiger partial charge in [0.15, 0.2) is 10.4 Å². The fraction of sp³-hybridized carbons (Fsp3) is 0.294. The number of morpholine rings is 1. The van der Waals surface area contributed by atoms with Crippen molar-refractivity contribution < 1.29 is 13.9 Å². The third-order valence-corrected chi connectivity index (χ3v) is 4.21. The monoisotopic (exact) mass is 391 g/mol. The molecule has 6 nitrogen and oxygen atoms in total. The number of anilines is 1. The van der Waals surface area contributed by atoms with E-state index >= 15 is 0 Å². The molecular weight excluding hydrogens is 374 g/mol. The van der Waals surface area contributed by atoms with Gasteiger partial charge in [-0.1, -0.05) is 12.1 Å². The molecule has 3 rings (SSSR count). The highest BCUT2D eigenvalue weighted by Crippen LogP contribution is 2.17.